The molecule has 1 aromatic rings. The largest absolute Gasteiger partial charge is 0.390 e. The van der Waals surface area contributed by atoms with Crippen LogP contribution >= 0.6 is 0 Å². The van der Waals surface area contributed by atoms with Gasteiger partial charge in [-0.1, -0.05) is 30.3 Å². The third-order valence-corrected chi connectivity index (χ3v) is 2.83. The summed E-state index contributed by atoms with van der Waals surface area (Å²) in [6.07, 6.45) is 2.43. The van der Waals surface area contributed by atoms with E-state index in [9.17, 15) is 4.79 Å². The van der Waals surface area contributed by atoms with E-state index in [1.807, 2.05) is 50.5 Å². The van der Waals surface area contributed by atoms with Crippen LogP contribution < -0.4 is 10.6 Å². The summed E-state index contributed by atoms with van der Waals surface area (Å²) in [5, 5.41) is 14.7. The molecule has 1 rings (SSSR count). The van der Waals surface area contributed by atoms with E-state index < -0.39 is 0 Å². The Bertz CT molecular complexity index is 503. The molecule has 1 aromatic carbocycles. The van der Waals surface area contributed by atoms with Gasteiger partial charge in [0.25, 0.3) is 5.91 Å². The average Bonchev–Trinajstić information content (AvgIpc) is 2.49. The second-order valence-electron chi connectivity index (χ2n) is 4.95. The van der Waals surface area contributed by atoms with Crippen molar-refractivity contribution >= 4 is 5.91 Å². The van der Waals surface area contributed by atoms with Crippen LogP contribution in [-0.4, -0.2) is 38.0 Å². The normalized spacial score (nSPS) is 11.0. The summed E-state index contributed by atoms with van der Waals surface area (Å²) >= 11 is 0. The lowest BCUT2D eigenvalue weighted by molar-refractivity contribution is -0.117. The SMILES string of the molecule is CN(C)CCCN/C=C(/C#N)C(=O)NCc1ccccc1. The van der Waals surface area contributed by atoms with E-state index in [0.29, 0.717) is 6.54 Å². The first-order valence-electron chi connectivity index (χ1n) is 6.94. The van der Waals surface area contributed by atoms with E-state index in [-0.39, 0.29) is 11.5 Å². The number of hydrogen-bond donors (Lipinski definition) is 2. The second kappa shape index (κ2) is 9.56. The lowest BCUT2D eigenvalue weighted by Crippen LogP contribution is -2.25. The van der Waals surface area contributed by atoms with Crippen molar-refractivity contribution in [1.82, 2.24) is 15.5 Å². The Balaban J connectivity index is 2.37. The van der Waals surface area contributed by atoms with E-state index >= 15 is 0 Å². The zero-order valence-corrected chi connectivity index (χ0v) is 12.6. The number of rotatable bonds is 8. The third-order valence-electron chi connectivity index (χ3n) is 2.83. The Kier molecular flexibility index (Phi) is 7.62. The van der Waals surface area contributed by atoms with Gasteiger partial charge in [-0.15, -0.1) is 0 Å². The van der Waals surface area contributed by atoms with Crippen molar-refractivity contribution in [3.63, 3.8) is 0 Å². The predicted octanol–water partition coefficient (Wildman–Crippen LogP) is 1.25. The van der Waals surface area contributed by atoms with Gasteiger partial charge >= 0.3 is 0 Å². The first kappa shape index (κ1) is 16.7. The monoisotopic (exact) mass is 286 g/mol. The topological polar surface area (TPSA) is 68.2 Å². The zero-order valence-electron chi connectivity index (χ0n) is 12.6. The van der Waals surface area contributed by atoms with Gasteiger partial charge in [-0.2, -0.15) is 5.26 Å². The van der Waals surface area contributed by atoms with Crippen LogP contribution in [-0.2, 0) is 11.3 Å². The van der Waals surface area contributed by atoms with Gasteiger partial charge in [0, 0.05) is 19.3 Å². The number of hydrogen-bond acceptors (Lipinski definition) is 4. The molecular weight excluding hydrogens is 264 g/mol. The predicted molar refractivity (Wildman–Crippen MR) is 83.2 cm³/mol. The van der Waals surface area contributed by atoms with Gasteiger partial charge in [0.15, 0.2) is 0 Å². The first-order chi connectivity index (χ1) is 10.1. The molecule has 0 spiro atoms. The molecule has 0 aliphatic carbocycles. The molecule has 0 radical (unpaired) electrons. The van der Waals surface area contributed by atoms with E-state index in [1.165, 1.54) is 6.20 Å². The van der Waals surface area contributed by atoms with Gasteiger partial charge in [-0.25, -0.2) is 0 Å². The maximum atomic E-state index is 11.9. The van der Waals surface area contributed by atoms with Crippen LogP contribution in [0, 0.1) is 11.3 Å². The minimum absolute atomic E-state index is 0.0933. The fourth-order valence-corrected chi connectivity index (χ4v) is 1.69. The number of nitriles is 1. The van der Waals surface area contributed by atoms with Crippen molar-refractivity contribution in [2.45, 2.75) is 13.0 Å². The standard InChI is InChI=1S/C16H22N4O/c1-20(2)10-6-9-18-13-15(11-17)16(21)19-12-14-7-4-3-5-8-14/h3-5,7-8,13,18H,6,9-10,12H2,1-2H3,(H,19,21)/b15-13-. The number of amides is 1. The number of carbonyl (C=O) groups is 1. The number of nitrogens with one attached hydrogen (secondary N) is 2. The summed E-state index contributed by atoms with van der Waals surface area (Å²) in [6, 6.07) is 11.5. The van der Waals surface area contributed by atoms with Crippen LogP contribution in [0.25, 0.3) is 0 Å². The molecular formula is C16H22N4O. The molecule has 0 fully saturated rings. The Morgan fingerprint density at radius 2 is 2.05 bits per heavy atom. The highest BCUT2D eigenvalue weighted by Gasteiger charge is 2.07. The maximum absolute atomic E-state index is 11.9. The highest BCUT2D eigenvalue weighted by atomic mass is 16.1. The lowest BCUT2D eigenvalue weighted by Gasteiger charge is -2.09. The van der Waals surface area contributed by atoms with Crippen LogP contribution in [0.5, 0.6) is 0 Å². The molecule has 1 amide bonds. The zero-order chi connectivity index (χ0) is 15.5. The average molecular weight is 286 g/mol. The fraction of sp³-hybridized carbons (Fsp3) is 0.375. The quantitative estimate of drug-likeness (QED) is 0.429. The van der Waals surface area contributed by atoms with E-state index in [2.05, 4.69) is 15.5 Å². The van der Waals surface area contributed by atoms with Crippen molar-refractivity contribution in [1.29, 1.82) is 5.26 Å². The summed E-state index contributed by atoms with van der Waals surface area (Å²) in [4.78, 5) is 14.0. The molecule has 0 saturated carbocycles. The van der Waals surface area contributed by atoms with Crippen molar-refractivity contribution in [2.75, 3.05) is 27.2 Å². The van der Waals surface area contributed by atoms with Crippen molar-refractivity contribution in [2.24, 2.45) is 0 Å². The van der Waals surface area contributed by atoms with Gasteiger partial charge in [0.1, 0.15) is 11.6 Å². The minimum atomic E-state index is -0.360. The highest BCUT2D eigenvalue weighted by molar-refractivity contribution is 5.97. The maximum Gasteiger partial charge on any atom is 0.263 e. The Morgan fingerprint density at radius 1 is 1.33 bits per heavy atom. The fourth-order valence-electron chi connectivity index (χ4n) is 1.69. The Hall–Kier alpha value is -2.32. The van der Waals surface area contributed by atoms with Crippen LogP contribution in [0.3, 0.4) is 0 Å². The van der Waals surface area contributed by atoms with E-state index in [4.69, 9.17) is 5.26 Å². The smallest absolute Gasteiger partial charge is 0.263 e. The van der Waals surface area contributed by atoms with E-state index in [0.717, 1.165) is 25.1 Å². The van der Waals surface area contributed by atoms with Gasteiger partial charge in [0.2, 0.25) is 0 Å². The molecule has 21 heavy (non-hydrogen) atoms. The van der Waals surface area contributed by atoms with Crippen LogP contribution in [0.15, 0.2) is 42.1 Å². The van der Waals surface area contributed by atoms with Gasteiger partial charge in [-0.05, 0) is 32.6 Å². The molecule has 0 atom stereocenters. The summed E-state index contributed by atoms with van der Waals surface area (Å²) < 4.78 is 0. The number of benzene rings is 1. The van der Waals surface area contributed by atoms with Crippen molar-refractivity contribution in [3.8, 4) is 6.07 Å². The molecule has 0 heterocycles. The molecule has 0 aromatic heterocycles. The molecule has 112 valence electrons. The van der Waals surface area contributed by atoms with Crippen LogP contribution in [0.2, 0.25) is 0 Å². The molecule has 5 heteroatoms. The van der Waals surface area contributed by atoms with E-state index in [1.54, 1.807) is 0 Å². The Labute approximate surface area is 126 Å². The molecule has 5 nitrogen and oxygen atoms in total. The third kappa shape index (κ3) is 7.14. The molecule has 2 N–H and O–H groups in total. The highest BCUT2D eigenvalue weighted by Crippen LogP contribution is 1.98. The summed E-state index contributed by atoms with van der Waals surface area (Å²) in [5.74, 6) is -0.360. The van der Waals surface area contributed by atoms with Gasteiger partial charge in [-0.3, -0.25) is 4.79 Å². The lowest BCUT2D eigenvalue weighted by atomic mass is 10.2. The second-order valence-corrected chi connectivity index (χ2v) is 4.95. The minimum Gasteiger partial charge on any atom is -0.390 e. The van der Waals surface area contributed by atoms with Crippen molar-refractivity contribution < 1.29 is 4.79 Å². The molecule has 0 bridgehead atoms. The molecule has 0 saturated heterocycles. The van der Waals surface area contributed by atoms with Gasteiger partial charge in [0.05, 0.1) is 0 Å². The summed E-state index contributed by atoms with van der Waals surface area (Å²) in [7, 11) is 4.02. The molecule has 0 aliphatic heterocycles. The van der Waals surface area contributed by atoms with Crippen LogP contribution in [0.4, 0.5) is 0 Å². The summed E-state index contributed by atoms with van der Waals surface area (Å²) in [5.41, 5.74) is 1.10. The molecule has 0 unspecified atom stereocenters. The molecule has 0 aliphatic rings. The number of carbonyl (C=O) groups excluding carboxylic acids is 1. The van der Waals surface area contributed by atoms with Gasteiger partial charge < -0.3 is 15.5 Å². The van der Waals surface area contributed by atoms with Crippen molar-refractivity contribution in [3.05, 3.63) is 47.7 Å². The summed E-state index contributed by atoms with van der Waals surface area (Å²) in [6.45, 7) is 2.11. The number of nitrogens with zero attached hydrogens (tertiary/aromatic N) is 2. The van der Waals surface area contributed by atoms with Crippen LogP contribution in [0.1, 0.15) is 12.0 Å². The first-order valence-corrected chi connectivity index (χ1v) is 6.94. The Morgan fingerprint density at radius 3 is 2.67 bits per heavy atom.